The molecule has 10 heteroatoms. The summed E-state index contributed by atoms with van der Waals surface area (Å²) < 4.78 is 5.81. The molecule has 10 nitrogen and oxygen atoms in total. The fourth-order valence-electron chi connectivity index (χ4n) is 5.18. The maximum absolute atomic E-state index is 13.2. The van der Waals surface area contributed by atoms with Crippen LogP contribution in [-0.4, -0.2) is 58.4 Å². The molecule has 2 aromatic rings. The first kappa shape index (κ1) is 29.5. The summed E-state index contributed by atoms with van der Waals surface area (Å²) in [5.41, 5.74) is 4.79. The number of amides is 3. The van der Waals surface area contributed by atoms with Crippen molar-refractivity contribution in [2.75, 3.05) is 6.54 Å². The lowest BCUT2D eigenvalue weighted by molar-refractivity contribution is -0.157. The molecule has 5 atom stereocenters. The van der Waals surface area contributed by atoms with Crippen LogP contribution in [0.1, 0.15) is 77.7 Å². The molecule has 40 heavy (non-hydrogen) atoms. The number of benzene rings is 1. The maximum Gasteiger partial charge on any atom is 0.325 e. The van der Waals surface area contributed by atoms with Gasteiger partial charge in [-0.3, -0.25) is 29.2 Å². The van der Waals surface area contributed by atoms with Crippen LogP contribution in [0.15, 0.2) is 30.5 Å². The zero-order valence-electron chi connectivity index (χ0n) is 24.0. The third kappa shape index (κ3) is 6.96. The molecular weight excluding hydrogens is 510 g/mol. The minimum atomic E-state index is -0.852. The normalized spacial score (nSPS) is 27.6. The van der Waals surface area contributed by atoms with Crippen LogP contribution in [0.3, 0.4) is 0 Å². The number of hydrogen-bond donors (Lipinski definition) is 3. The SMILES string of the molecule is CC1NC(=O)[C@H](C(C)C)NC(=O)[C@H](C)CCCc2cc3cc(ccc3cn2)[C@@H](C)OC(=O)[C@@H]2CCCN(N2)C1=O. The van der Waals surface area contributed by atoms with Crippen LogP contribution in [0.2, 0.25) is 0 Å². The number of pyridine rings is 1. The predicted molar refractivity (Wildman–Crippen MR) is 151 cm³/mol. The number of carbonyl (C=O) groups is 4. The van der Waals surface area contributed by atoms with Gasteiger partial charge in [0.05, 0.1) is 0 Å². The van der Waals surface area contributed by atoms with Gasteiger partial charge in [-0.15, -0.1) is 0 Å². The van der Waals surface area contributed by atoms with E-state index >= 15 is 0 Å². The van der Waals surface area contributed by atoms with Gasteiger partial charge < -0.3 is 15.4 Å². The second kappa shape index (κ2) is 12.8. The number of nitrogens with zero attached hydrogens (tertiary/aromatic N) is 2. The van der Waals surface area contributed by atoms with Gasteiger partial charge in [0.2, 0.25) is 11.8 Å². The van der Waals surface area contributed by atoms with Crippen LogP contribution in [-0.2, 0) is 30.3 Å². The van der Waals surface area contributed by atoms with E-state index in [-0.39, 0.29) is 23.7 Å². The summed E-state index contributed by atoms with van der Waals surface area (Å²) in [5.74, 6) is -1.87. The van der Waals surface area contributed by atoms with Crippen molar-refractivity contribution in [1.29, 1.82) is 0 Å². The molecule has 2 aliphatic heterocycles. The number of nitrogens with one attached hydrogen (secondary N) is 3. The molecule has 3 N–H and O–H groups in total. The Morgan fingerprint density at radius 2 is 1.73 bits per heavy atom. The highest BCUT2D eigenvalue weighted by Gasteiger charge is 2.34. The van der Waals surface area contributed by atoms with E-state index in [0.717, 1.165) is 28.5 Å². The molecule has 0 spiro atoms. The van der Waals surface area contributed by atoms with E-state index in [1.807, 2.05) is 58.2 Å². The lowest BCUT2D eigenvalue weighted by Gasteiger charge is -2.35. The van der Waals surface area contributed by atoms with Crippen LogP contribution < -0.4 is 16.1 Å². The summed E-state index contributed by atoms with van der Waals surface area (Å²) in [7, 11) is 0. The van der Waals surface area contributed by atoms with Crippen molar-refractivity contribution >= 4 is 34.5 Å². The van der Waals surface area contributed by atoms with E-state index in [1.54, 1.807) is 6.92 Å². The van der Waals surface area contributed by atoms with Gasteiger partial charge in [0, 0.05) is 29.7 Å². The van der Waals surface area contributed by atoms with Crippen molar-refractivity contribution < 1.29 is 23.9 Å². The number of cyclic esters (lactones) is 1. The molecule has 0 aliphatic carbocycles. The summed E-state index contributed by atoms with van der Waals surface area (Å²) in [6, 6.07) is 5.64. The average molecular weight is 552 g/mol. The molecule has 2 aliphatic rings. The first-order valence-corrected chi connectivity index (χ1v) is 14.3. The number of ether oxygens (including phenoxy) is 1. The Morgan fingerprint density at radius 3 is 2.48 bits per heavy atom. The fourth-order valence-corrected chi connectivity index (χ4v) is 5.18. The van der Waals surface area contributed by atoms with Gasteiger partial charge in [0.25, 0.3) is 5.91 Å². The van der Waals surface area contributed by atoms with Crippen molar-refractivity contribution in [3.63, 3.8) is 0 Å². The number of carbonyl (C=O) groups excluding carboxylic acids is 4. The number of hydrogen-bond acceptors (Lipinski definition) is 7. The molecule has 0 radical (unpaired) electrons. The highest BCUT2D eigenvalue weighted by Crippen LogP contribution is 2.25. The van der Waals surface area contributed by atoms with Gasteiger partial charge in [-0.1, -0.05) is 32.9 Å². The van der Waals surface area contributed by atoms with Gasteiger partial charge in [0.1, 0.15) is 24.2 Å². The molecule has 216 valence electrons. The molecule has 1 aromatic heterocycles. The molecule has 5 bridgehead atoms. The van der Waals surface area contributed by atoms with Crippen molar-refractivity contribution in [2.24, 2.45) is 11.8 Å². The summed E-state index contributed by atoms with van der Waals surface area (Å²) in [5, 5.41) is 9.01. The topological polar surface area (TPSA) is 130 Å². The van der Waals surface area contributed by atoms with Crippen LogP contribution in [0.4, 0.5) is 0 Å². The van der Waals surface area contributed by atoms with Crippen LogP contribution in [0.25, 0.3) is 10.8 Å². The number of hydrazine groups is 1. The van der Waals surface area contributed by atoms with E-state index in [2.05, 4.69) is 21.0 Å². The summed E-state index contributed by atoms with van der Waals surface area (Å²) >= 11 is 0. The molecule has 1 aromatic carbocycles. The van der Waals surface area contributed by atoms with Crippen molar-refractivity contribution in [3.05, 3.63) is 41.7 Å². The second-order valence-corrected chi connectivity index (χ2v) is 11.4. The number of aryl methyl sites for hydroxylation is 1. The van der Waals surface area contributed by atoms with Gasteiger partial charge in [-0.25, -0.2) is 5.43 Å². The average Bonchev–Trinajstić information content (AvgIpc) is 2.94. The Morgan fingerprint density at radius 1 is 0.950 bits per heavy atom. The zero-order valence-corrected chi connectivity index (χ0v) is 24.0. The Balaban J connectivity index is 1.60. The highest BCUT2D eigenvalue weighted by atomic mass is 16.5. The number of esters is 1. The molecule has 4 rings (SSSR count). The number of aromatic nitrogens is 1. The smallest absolute Gasteiger partial charge is 0.325 e. The van der Waals surface area contributed by atoms with Gasteiger partial charge in [-0.2, -0.15) is 0 Å². The van der Waals surface area contributed by atoms with Crippen LogP contribution in [0, 0.1) is 11.8 Å². The number of fused-ring (bicyclic) bond motifs is 4. The molecule has 1 saturated heterocycles. The lowest BCUT2D eigenvalue weighted by atomic mass is 9.98. The fraction of sp³-hybridized carbons (Fsp3) is 0.567. The minimum Gasteiger partial charge on any atom is -0.457 e. The van der Waals surface area contributed by atoms with Crippen LogP contribution in [0.5, 0.6) is 0 Å². The van der Waals surface area contributed by atoms with E-state index in [0.29, 0.717) is 32.2 Å². The largest absolute Gasteiger partial charge is 0.457 e. The molecular formula is C30H41N5O5. The van der Waals surface area contributed by atoms with Crippen molar-refractivity contribution in [3.8, 4) is 0 Å². The van der Waals surface area contributed by atoms with Crippen LogP contribution >= 0.6 is 0 Å². The van der Waals surface area contributed by atoms with Crippen molar-refractivity contribution in [1.82, 2.24) is 26.1 Å². The maximum atomic E-state index is 13.2. The standard InChI is InChI=1S/C30H41N5O5/c1-17(2)26-28(37)32-19(4)29(38)35-13-7-10-25(34-35)30(39)40-20(5)21-11-12-22-16-31-24(15-23(22)14-21)9-6-8-18(3)27(36)33-26/h11-12,14-20,25-26,34H,6-10,13H2,1-5H3,(H,32,37)(H,33,36)/t18-,19?,20-,25+,26+/m1/s1. The Kier molecular flexibility index (Phi) is 9.40. The second-order valence-electron chi connectivity index (χ2n) is 11.4. The van der Waals surface area contributed by atoms with Gasteiger partial charge >= 0.3 is 5.97 Å². The monoisotopic (exact) mass is 551 g/mol. The third-order valence-corrected chi connectivity index (χ3v) is 7.80. The molecule has 3 amide bonds. The first-order chi connectivity index (χ1) is 19.0. The van der Waals surface area contributed by atoms with Crippen molar-refractivity contribution in [2.45, 2.75) is 91.0 Å². The van der Waals surface area contributed by atoms with E-state index in [9.17, 15) is 19.2 Å². The van der Waals surface area contributed by atoms with E-state index < -0.39 is 36.1 Å². The Bertz CT molecular complexity index is 1260. The quantitative estimate of drug-likeness (QED) is 0.465. The summed E-state index contributed by atoms with van der Waals surface area (Å²) in [4.78, 5) is 56.9. The highest BCUT2D eigenvalue weighted by molar-refractivity contribution is 5.92. The Hall–Kier alpha value is -3.53. The van der Waals surface area contributed by atoms with Gasteiger partial charge in [-0.05, 0) is 75.0 Å². The molecule has 3 heterocycles. The molecule has 1 fully saturated rings. The summed E-state index contributed by atoms with van der Waals surface area (Å²) in [6.07, 6.45) is 4.61. The Labute approximate surface area is 235 Å². The third-order valence-electron chi connectivity index (χ3n) is 7.80. The van der Waals surface area contributed by atoms with E-state index in [1.165, 1.54) is 5.01 Å². The zero-order chi connectivity index (χ0) is 29.0. The molecule has 1 unspecified atom stereocenters. The molecule has 0 saturated carbocycles. The minimum absolute atomic E-state index is 0.176. The lowest BCUT2D eigenvalue weighted by Crippen LogP contribution is -2.61. The number of rotatable bonds is 1. The predicted octanol–water partition coefficient (Wildman–Crippen LogP) is 2.95. The first-order valence-electron chi connectivity index (χ1n) is 14.3. The summed E-state index contributed by atoms with van der Waals surface area (Å²) in [6.45, 7) is 9.40. The van der Waals surface area contributed by atoms with Gasteiger partial charge in [0.15, 0.2) is 0 Å². The van der Waals surface area contributed by atoms with E-state index in [4.69, 9.17) is 4.74 Å².